The zero-order valence-electron chi connectivity index (χ0n) is 12.7. The highest BCUT2D eigenvalue weighted by Crippen LogP contribution is 2.55. The summed E-state index contributed by atoms with van der Waals surface area (Å²) < 4.78 is 6.48. The normalized spacial score (nSPS) is 38.6. The van der Waals surface area contributed by atoms with Gasteiger partial charge in [0.05, 0.1) is 16.7 Å². The molecule has 4 heterocycles. The van der Waals surface area contributed by atoms with Gasteiger partial charge in [0, 0.05) is 42.9 Å². The van der Waals surface area contributed by atoms with Crippen LogP contribution in [0.1, 0.15) is 17.7 Å². The van der Waals surface area contributed by atoms with Crippen molar-refractivity contribution in [3.63, 3.8) is 0 Å². The number of fused-ring (bicyclic) bond motifs is 1. The molecule has 0 N–H and O–H groups in total. The fourth-order valence-electron chi connectivity index (χ4n) is 4.71. The van der Waals surface area contributed by atoms with Crippen LogP contribution in [0.3, 0.4) is 0 Å². The van der Waals surface area contributed by atoms with E-state index in [2.05, 4.69) is 29.3 Å². The van der Waals surface area contributed by atoms with E-state index in [4.69, 9.17) is 16.3 Å². The van der Waals surface area contributed by atoms with Gasteiger partial charge in [-0.05, 0) is 38.4 Å². The summed E-state index contributed by atoms with van der Waals surface area (Å²) in [5.74, 6) is 1.41. The van der Waals surface area contributed by atoms with Crippen LogP contribution in [-0.4, -0.2) is 55.2 Å². The van der Waals surface area contributed by atoms with Gasteiger partial charge in [0.25, 0.3) is 0 Å². The summed E-state index contributed by atoms with van der Waals surface area (Å²) >= 11 is 8.03. The van der Waals surface area contributed by atoms with Crippen LogP contribution in [0.2, 0.25) is 5.02 Å². The number of thiophene rings is 1. The number of hydrogen-bond acceptors (Lipinski definition) is 4. The molecule has 4 rings (SSSR count). The molecule has 1 spiro atoms. The Morgan fingerprint density at radius 2 is 2.38 bits per heavy atom. The van der Waals surface area contributed by atoms with E-state index in [0.717, 1.165) is 24.7 Å². The minimum absolute atomic E-state index is 0.148. The molecular weight excluding hydrogens is 304 g/mol. The van der Waals surface area contributed by atoms with Crippen molar-refractivity contribution < 1.29 is 4.74 Å². The Labute approximate surface area is 135 Å². The highest BCUT2D eigenvalue weighted by atomic mass is 35.5. The SMILES string of the molecule is CN(C)C[C@H]1[C@@H]2CC[C@@]3(CN(Cc4sccc4Cl)C[C@@H]13)O2. The van der Waals surface area contributed by atoms with Crippen molar-refractivity contribution in [2.75, 3.05) is 33.7 Å². The molecule has 0 amide bonds. The fourth-order valence-corrected chi connectivity index (χ4v) is 5.85. The topological polar surface area (TPSA) is 15.7 Å². The van der Waals surface area contributed by atoms with Crippen molar-refractivity contribution >= 4 is 22.9 Å². The monoisotopic (exact) mass is 326 g/mol. The van der Waals surface area contributed by atoms with Crippen LogP contribution in [0, 0.1) is 11.8 Å². The maximum absolute atomic E-state index is 6.48. The van der Waals surface area contributed by atoms with Crippen LogP contribution >= 0.6 is 22.9 Å². The van der Waals surface area contributed by atoms with E-state index in [1.807, 2.05) is 6.07 Å². The van der Waals surface area contributed by atoms with E-state index in [1.165, 1.54) is 24.3 Å². The predicted molar refractivity (Wildman–Crippen MR) is 87.0 cm³/mol. The average Bonchev–Trinajstić information content (AvgIpc) is 3.13. The molecule has 5 heteroatoms. The van der Waals surface area contributed by atoms with Gasteiger partial charge >= 0.3 is 0 Å². The Morgan fingerprint density at radius 3 is 3.10 bits per heavy atom. The lowest BCUT2D eigenvalue weighted by atomic mass is 9.73. The average molecular weight is 327 g/mol. The van der Waals surface area contributed by atoms with Gasteiger partial charge in [0.2, 0.25) is 0 Å². The molecular formula is C16H23ClN2OS. The number of ether oxygens (including phenoxy) is 1. The molecule has 116 valence electrons. The molecule has 1 aromatic heterocycles. The summed E-state index contributed by atoms with van der Waals surface area (Å²) in [6.07, 6.45) is 3.01. The molecule has 0 unspecified atom stereocenters. The molecule has 0 saturated carbocycles. The predicted octanol–water partition coefficient (Wildman–Crippen LogP) is 2.94. The summed E-state index contributed by atoms with van der Waals surface area (Å²) in [7, 11) is 4.35. The van der Waals surface area contributed by atoms with Gasteiger partial charge in [-0.3, -0.25) is 4.90 Å². The molecule has 3 nitrogen and oxygen atoms in total. The van der Waals surface area contributed by atoms with E-state index in [1.54, 1.807) is 11.3 Å². The number of hydrogen-bond donors (Lipinski definition) is 0. The maximum atomic E-state index is 6.48. The molecule has 1 aromatic rings. The van der Waals surface area contributed by atoms with Crippen molar-refractivity contribution in [2.24, 2.45) is 11.8 Å². The van der Waals surface area contributed by atoms with Gasteiger partial charge in [-0.2, -0.15) is 0 Å². The maximum Gasteiger partial charge on any atom is 0.0858 e. The van der Waals surface area contributed by atoms with Gasteiger partial charge in [0.1, 0.15) is 0 Å². The zero-order chi connectivity index (χ0) is 14.6. The molecule has 2 bridgehead atoms. The second kappa shape index (κ2) is 5.20. The molecule has 4 atom stereocenters. The van der Waals surface area contributed by atoms with Crippen molar-refractivity contribution in [1.29, 1.82) is 0 Å². The summed E-state index contributed by atoms with van der Waals surface area (Å²) in [6, 6.07) is 2.01. The second-order valence-electron chi connectivity index (χ2n) is 7.15. The lowest BCUT2D eigenvalue weighted by Crippen LogP contribution is -2.40. The molecule has 3 aliphatic rings. The van der Waals surface area contributed by atoms with E-state index in [9.17, 15) is 0 Å². The molecule has 3 fully saturated rings. The molecule has 0 aliphatic carbocycles. The number of likely N-dealkylation sites (tertiary alicyclic amines) is 1. The first kappa shape index (κ1) is 14.5. The first-order chi connectivity index (χ1) is 10.1. The van der Waals surface area contributed by atoms with Crippen LogP contribution in [0.4, 0.5) is 0 Å². The number of halogens is 1. The highest BCUT2D eigenvalue weighted by Gasteiger charge is 2.62. The summed E-state index contributed by atoms with van der Waals surface area (Å²) in [5.41, 5.74) is 0.148. The molecule has 21 heavy (non-hydrogen) atoms. The van der Waals surface area contributed by atoms with Crippen LogP contribution in [0.5, 0.6) is 0 Å². The van der Waals surface area contributed by atoms with Crippen molar-refractivity contribution in [1.82, 2.24) is 9.80 Å². The third-order valence-electron chi connectivity index (χ3n) is 5.49. The van der Waals surface area contributed by atoms with E-state index < -0.39 is 0 Å². The molecule has 0 aromatic carbocycles. The Balaban J connectivity index is 1.50. The fraction of sp³-hybridized carbons (Fsp3) is 0.750. The second-order valence-corrected chi connectivity index (χ2v) is 8.56. The van der Waals surface area contributed by atoms with Gasteiger partial charge in [-0.25, -0.2) is 0 Å². The Bertz CT molecular complexity index is 534. The number of nitrogens with zero attached hydrogens (tertiary/aromatic N) is 2. The van der Waals surface area contributed by atoms with E-state index in [-0.39, 0.29) is 5.60 Å². The van der Waals surface area contributed by atoms with E-state index >= 15 is 0 Å². The van der Waals surface area contributed by atoms with Crippen molar-refractivity contribution in [3.8, 4) is 0 Å². The smallest absolute Gasteiger partial charge is 0.0858 e. The quantitative estimate of drug-likeness (QED) is 0.846. The van der Waals surface area contributed by atoms with Gasteiger partial charge in [-0.1, -0.05) is 11.6 Å². The van der Waals surface area contributed by atoms with Crippen molar-refractivity contribution in [2.45, 2.75) is 31.1 Å². The Hall–Kier alpha value is -0.130. The first-order valence-corrected chi connectivity index (χ1v) is 9.10. The molecule has 0 radical (unpaired) electrons. The zero-order valence-corrected chi connectivity index (χ0v) is 14.3. The van der Waals surface area contributed by atoms with Gasteiger partial charge < -0.3 is 9.64 Å². The molecule has 3 saturated heterocycles. The van der Waals surface area contributed by atoms with Gasteiger partial charge in [0.15, 0.2) is 0 Å². The first-order valence-electron chi connectivity index (χ1n) is 7.84. The third-order valence-corrected chi connectivity index (χ3v) is 6.86. The Morgan fingerprint density at radius 1 is 1.52 bits per heavy atom. The highest BCUT2D eigenvalue weighted by molar-refractivity contribution is 7.10. The largest absolute Gasteiger partial charge is 0.370 e. The molecule has 3 aliphatic heterocycles. The third kappa shape index (κ3) is 2.36. The lowest BCUT2D eigenvalue weighted by Gasteiger charge is -2.31. The number of rotatable bonds is 4. The standard InChI is InChI=1S/C16H23ClN2OS/c1-18(2)7-11-12-8-19(9-15-13(17)4-6-21-15)10-16(12)5-3-14(11)20-16/h4,6,11-12,14H,3,5,7-10H2,1-2H3/t11-,12+,14+,16+/m1/s1. The summed E-state index contributed by atoms with van der Waals surface area (Å²) in [4.78, 5) is 6.18. The minimum Gasteiger partial charge on any atom is -0.370 e. The lowest BCUT2D eigenvalue weighted by molar-refractivity contribution is 0.00152. The van der Waals surface area contributed by atoms with Gasteiger partial charge in [-0.15, -0.1) is 11.3 Å². The van der Waals surface area contributed by atoms with Crippen LogP contribution in [-0.2, 0) is 11.3 Å². The van der Waals surface area contributed by atoms with E-state index in [0.29, 0.717) is 17.9 Å². The van der Waals surface area contributed by atoms with Crippen LogP contribution in [0.25, 0.3) is 0 Å². The Kier molecular flexibility index (Phi) is 3.58. The minimum atomic E-state index is 0.148. The van der Waals surface area contributed by atoms with Crippen molar-refractivity contribution in [3.05, 3.63) is 21.3 Å². The van der Waals surface area contributed by atoms with Crippen LogP contribution < -0.4 is 0 Å². The summed E-state index contributed by atoms with van der Waals surface area (Å²) in [5, 5.41) is 3.01. The summed E-state index contributed by atoms with van der Waals surface area (Å²) in [6.45, 7) is 4.40. The van der Waals surface area contributed by atoms with Crippen LogP contribution in [0.15, 0.2) is 11.4 Å².